The summed E-state index contributed by atoms with van der Waals surface area (Å²) in [5.74, 6) is -0.378. The van der Waals surface area contributed by atoms with E-state index < -0.39 is 11.6 Å². The van der Waals surface area contributed by atoms with Gasteiger partial charge in [0.1, 0.15) is 24.5 Å². The first-order chi connectivity index (χ1) is 9.63. The lowest BCUT2D eigenvalue weighted by Crippen LogP contribution is -2.01. The Morgan fingerprint density at radius 2 is 1.90 bits per heavy atom. The highest BCUT2D eigenvalue weighted by atomic mass is 19.1. The van der Waals surface area contributed by atoms with Gasteiger partial charge in [-0.3, -0.25) is 4.79 Å². The largest absolute Gasteiger partial charge is 0.493 e. The fourth-order valence-corrected chi connectivity index (χ4v) is 1.69. The van der Waals surface area contributed by atoms with Crippen molar-refractivity contribution in [2.75, 3.05) is 7.11 Å². The van der Waals surface area contributed by atoms with Crippen molar-refractivity contribution in [2.24, 2.45) is 0 Å². The Morgan fingerprint density at radius 1 is 1.10 bits per heavy atom. The standard InChI is InChI=1S/C15H12F2O3/c1-19-15-6-10(8-18)2-5-14(15)20-9-11-7-12(16)3-4-13(11)17/h2-8H,9H2,1H3. The molecule has 2 aromatic carbocycles. The highest BCUT2D eigenvalue weighted by Crippen LogP contribution is 2.28. The lowest BCUT2D eigenvalue weighted by atomic mass is 10.2. The molecule has 0 saturated carbocycles. The minimum atomic E-state index is -0.546. The zero-order chi connectivity index (χ0) is 14.5. The monoisotopic (exact) mass is 278 g/mol. The molecule has 3 nitrogen and oxygen atoms in total. The third-order valence-electron chi connectivity index (χ3n) is 2.71. The van der Waals surface area contributed by atoms with Crippen molar-refractivity contribution < 1.29 is 23.0 Å². The minimum absolute atomic E-state index is 0.103. The van der Waals surface area contributed by atoms with E-state index in [2.05, 4.69) is 0 Å². The van der Waals surface area contributed by atoms with Crippen LogP contribution >= 0.6 is 0 Å². The number of benzene rings is 2. The van der Waals surface area contributed by atoms with Crippen LogP contribution in [0.3, 0.4) is 0 Å². The van der Waals surface area contributed by atoms with E-state index in [1.165, 1.54) is 13.2 Å². The molecular formula is C15H12F2O3. The van der Waals surface area contributed by atoms with Gasteiger partial charge in [0.05, 0.1) is 7.11 Å². The summed E-state index contributed by atoms with van der Waals surface area (Å²) in [6, 6.07) is 7.75. The lowest BCUT2D eigenvalue weighted by molar-refractivity contribution is 0.112. The van der Waals surface area contributed by atoms with Gasteiger partial charge in [-0.15, -0.1) is 0 Å². The van der Waals surface area contributed by atoms with Crippen LogP contribution in [0.5, 0.6) is 11.5 Å². The van der Waals surface area contributed by atoms with Crippen molar-refractivity contribution >= 4 is 6.29 Å². The molecule has 0 aliphatic heterocycles. The Kier molecular flexibility index (Phi) is 4.30. The first kappa shape index (κ1) is 14.0. The van der Waals surface area contributed by atoms with Gasteiger partial charge in [0, 0.05) is 11.1 Å². The molecule has 0 atom stereocenters. The van der Waals surface area contributed by atoms with Crippen LogP contribution in [0.25, 0.3) is 0 Å². The molecule has 2 rings (SSSR count). The summed E-state index contributed by atoms with van der Waals surface area (Å²) in [4.78, 5) is 10.7. The summed E-state index contributed by atoms with van der Waals surface area (Å²) < 4.78 is 37.0. The molecule has 0 radical (unpaired) electrons. The van der Waals surface area contributed by atoms with E-state index >= 15 is 0 Å². The maximum absolute atomic E-state index is 13.4. The Balaban J connectivity index is 2.18. The fraction of sp³-hybridized carbons (Fsp3) is 0.133. The summed E-state index contributed by atoms with van der Waals surface area (Å²) in [5, 5.41) is 0. The first-order valence-electron chi connectivity index (χ1n) is 5.84. The molecule has 0 fully saturated rings. The van der Waals surface area contributed by atoms with E-state index in [9.17, 15) is 13.6 Å². The van der Waals surface area contributed by atoms with Gasteiger partial charge >= 0.3 is 0 Å². The molecule has 0 spiro atoms. The van der Waals surface area contributed by atoms with Gasteiger partial charge < -0.3 is 9.47 Å². The van der Waals surface area contributed by atoms with Crippen LogP contribution in [0, 0.1) is 11.6 Å². The number of methoxy groups -OCH3 is 1. The van der Waals surface area contributed by atoms with Crippen LogP contribution in [0.4, 0.5) is 8.78 Å². The van der Waals surface area contributed by atoms with Gasteiger partial charge in [0.2, 0.25) is 0 Å². The van der Waals surface area contributed by atoms with Gasteiger partial charge in [-0.2, -0.15) is 0 Å². The quantitative estimate of drug-likeness (QED) is 0.787. The van der Waals surface area contributed by atoms with E-state index in [4.69, 9.17) is 9.47 Å². The summed E-state index contributed by atoms with van der Waals surface area (Å²) >= 11 is 0. The molecule has 0 heterocycles. The molecule has 5 heteroatoms. The van der Waals surface area contributed by atoms with E-state index in [0.29, 0.717) is 23.3 Å². The number of hydrogen-bond acceptors (Lipinski definition) is 3. The first-order valence-corrected chi connectivity index (χ1v) is 5.84. The topological polar surface area (TPSA) is 35.5 Å². The van der Waals surface area contributed by atoms with Gasteiger partial charge in [-0.05, 0) is 36.4 Å². The molecule has 0 aliphatic carbocycles. The van der Waals surface area contributed by atoms with E-state index in [1.807, 2.05) is 0 Å². The zero-order valence-corrected chi connectivity index (χ0v) is 10.7. The van der Waals surface area contributed by atoms with Crippen LogP contribution in [-0.2, 0) is 6.61 Å². The molecule has 0 saturated heterocycles. The predicted octanol–water partition coefficient (Wildman–Crippen LogP) is 3.36. The summed E-state index contributed by atoms with van der Waals surface area (Å²) in [6.07, 6.45) is 0.679. The highest BCUT2D eigenvalue weighted by Gasteiger charge is 2.09. The molecule has 0 aromatic heterocycles. The van der Waals surface area contributed by atoms with Gasteiger partial charge in [-0.25, -0.2) is 8.78 Å². The second-order valence-corrected chi connectivity index (χ2v) is 4.05. The van der Waals surface area contributed by atoms with E-state index in [-0.39, 0.29) is 12.2 Å². The Labute approximate surface area is 114 Å². The van der Waals surface area contributed by atoms with Crippen molar-refractivity contribution in [1.82, 2.24) is 0 Å². The average Bonchev–Trinajstić information content (AvgIpc) is 2.48. The third kappa shape index (κ3) is 3.12. The second-order valence-electron chi connectivity index (χ2n) is 4.05. The number of rotatable bonds is 5. The molecule has 20 heavy (non-hydrogen) atoms. The SMILES string of the molecule is COc1cc(C=O)ccc1OCc1cc(F)ccc1F. The average molecular weight is 278 g/mol. The van der Waals surface area contributed by atoms with Gasteiger partial charge in [0.25, 0.3) is 0 Å². The molecule has 2 aromatic rings. The van der Waals surface area contributed by atoms with Crippen molar-refractivity contribution in [3.05, 3.63) is 59.2 Å². The molecule has 104 valence electrons. The third-order valence-corrected chi connectivity index (χ3v) is 2.71. The van der Waals surface area contributed by atoms with Crippen molar-refractivity contribution in [1.29, 1.82) is 0 Å². The van der Waals surface area contributed by atoms with Crippen LogP contribution < -0.4 is 9.47 Å². The Bertz CT molecular complexity index is 627. The fourth-order valence-electron chi connectivity index (χ4n) is 1.69. The Morgan fingerprint density at radius 3 is 2.60 bits per heavy atom. The minimum Gasteiger partial charge on any atom is -0.493 e. The van der Waals surface area contributed by atoms with Crippen molar-refractivity contribution in [2.45, 2.75) is 6.61 Å². The van der Waals surface area contributed by atoms with Crippen LogP contribution in [0.1, 0.15) is 15.9 Å². The van der Waals surface area contributed by atoms with Crippen molar-refractivity contribution in [3.63, 3.8) is 0 Å². The second kappa shape index (κ2) is 6.14. The predicted molar refractivity (Wildman–Crippen MR) is 69.1 cm³/mol. The molecule has 0 unspecified atom stereocenters. The zero-order valence-electron chi connectivity index (χ0n) is 10.7. The van der Waals surface area contributed by atoms with Crippen LogP contribution in [0.2, 0.25) is 0 Å². The molecule has 0 bridgehead atoms. The normalized spacial score (nSPS) is 10.2. The van der Waals surface area contributed by atoms with E-state index in [1.54, 1.807) is 12.1 Å². The molecular weight excluding hydrogens is 266 g/mol. The summed E-state index contributed by atoms with van der Waals surface area (Å²) in [7, 11) is 1.43. The number of hydrogen-bond donors (Lipinski definition) is 0. The molecule has 0 N–H and O–H groups in total. The van der Waals surface area contributed by atoms with E-state index in [0.717, 1.165) is 18.2 Å². The summed E-state index contributed by atoms with van der Waals surface area (Å²) in [5.41, 5.74) is 0.539. The number of carbonyl (C=O) groups is 1. The number of carbonyl (C=O) groups excluding carboxylic acids is 1. The van der Waals surface area contributed by atoms with Gasteiger partial charge in [-0.1, -0.05) is 0 Å². The van der Waals surface area contributed by atoms with Crippen LogP contribution in [-0.4, -0.2) is 13.4 Å². The lowest BCUT2D eigenvalue weighted by Gasteiger charge is -2.11. The van der Waals surface area contributed by atoms with Crippen LogP contribution in [0.15, 0.2) is 36.4 Å². The number of ether oxygens (including phenoxy) is 2. The highest BCUT2D eigenvalue weighted by molar-refractivity contribution is 5.76. The smallest absolute Gasteiger partial charge is 0.161 e. The van der Waals surface area contributed by atoms with Gasteiger partial charge in [0.15, 0.2) is 11.5 Å². The maximum Gasteiger partial charge on any atom is 0.161 e. The van der Waals surface area contributed by atoms with Crippen molar-refractivity contribution in [3.8, 4) is 11.5 Å². The number of halogens is 2. The molecule has 0 amide bonds. The summed E-state index contributed by atoms with van der Waals surface area (Å²) in [6.45, 7) is -0.139. The number of aldehydes is 1. The maximum atomic E-state index is 13.4. The Hall–Kier alpha value is -2.43. The molecule has 0 aliphatic rings.